The van der Waals surface area contributed by atoms with Crippen LogP contribution in [0.5, 0.6) is 0 Å². The van der Waals surface area contributed by atoms with E-state index in [0.29, 0.717) is 4.90 Å². The Balaban J connectivity index is 2.41. The normalized spacial score (nSPS) is 13.3. The first-order chi connectivity index (χ1) is 9.82. The van der Waals surface area contributed by atoms with Crippen molar-refractivity contribution < 1.29 is 8.42 Å². The van der Waals surface area contributed by atoms with Gasteiger partial charge in [0.05, 0.1) is 18.5 Å². The van der Waals surface area contributed by atoms with Crippen LogP contribution in [-0.4, -0.2) is 21.2 Å². The maximum absolute atomic E-state index is 11.5. The molecule has 1 atom stereocenters. The van der Waals surface area contributed by atoms with Gasteiger partial charge < -0.3 is 5.32 Å². The van der Waals surface area contributed by atoms with Crippen LogP contribution in [0.3, 0.4) is 0 Å². The van der Waals surface area contributed by atoms with Crippen LogP contribution < -0.4 is 5.32 Å². The molecule has 0 aliphatic carbocycles. The van der Waals surface area contributed by atoms with E-state index in [9.17, 15) is 8.42 Å². The van der Waals surface area contributed by atoms with E-state index in [1.54, 1.807) is 23.5 Å². The Kier molecular flexibility index (Phi) is 5.65. The number of nitrogens with one attached hydrogen (secondary N) is 1. The van der Waals surface area contributed by atoms with Gasteiger partial charge in [-0.3, -0.25) is 0 Å². The fraction of sp³-hybridized carbons (Fsp3) is 0.286. The second-order valence-electron chi connectivity index (χ2n) is 4.61. The molecule has 2 rings (SSSR count). The minimum atomic E-state index is -3.16. The van der Waals surface area contributed by atoms with Crippen molar-refractivity contribution in [2.24, 2.45) is 0 Å². The van der Waals surface area contributed by atoms with Crippen molar-refractivity contribution in [3.8, 4) is 0 Å². The second kappa shape index (κ2) is 6.91. The maximum atomic E-state index is 11.5. The van der Waals surface area contributed by atoms with Crippen molar-refractivity contribution >= 4 is 53.0 Å². The van der Waals surface area contributed by atoms with Crippen LogP contribution in [0.25, 0.3) is 0 Å². The molecule has 0 radical (unpaired) electrons. The summed E-state index contributed by atoms with van der Waals surface area (Å²) < 4.78 is 25.2. The zero-order chi connectivity index (χ0) is 15.6. The first-order valence-electron chi connectivity index (χ1n) is 6.31. The molecule has 0 bridgehead atoms. The number of rotatable bonds is 5. The number of hydrogen-bond donors (Lipinski definition) is 1. The molecule has 1 unspecified atom stereocenters. The van der Waals surface area contributed by atoms with Gasteiger partial charge >= 0.3 is 0 Å². The summed E-state index contributed by atoms with van der Waals surface area (Å²) in [6.45, 7) is 2.87. The van der Waals surface area contributed by atoms with Crippen LogP contribution in [0.1, 0.15) is 24.1 Å². The summed E-state index contributed by atoms with van der Waals surface area (Å²) in [5, 5.41) is 3.43. The van der Waals surface area contributed by atoms with Gasteiger partial charge in [-0.2, -0.15) is 0 Å². The molecular formula is C14H15Br2NO2S2. The molecule has 0 aliphatic rings. The predicted molar refractivity (Wildman–Crippen MR) is 94.8 cm³/mol. The summed E-state index contributed by atoms with van der Waals surface area (Å²) in [6.07, 6.45) is 1.22. The monoisotopic (exact) mass is 451 g/mol. The number of halogens is 2. The lowest BCUT2D eigenvalue weighted by Crippen LogP contribution is -2.21. The van der Waals surface area contributed by atoms with E-state index in [1.165, 1.54) is 6.26 Å². The first kappa shape index (κ1) is 17.1. The minimum Gasteiger partial charge on any atom is -0.306 e. The molecule has 0 spiro atoms. The first-order valence-corrected chi connectivity index (χ1v) is 10.6. The zero-order valence-electron chi connectivity index (χ0n) is 11.6. The molecule has 1 aromatic carbocycles. The predicted octanol–water partition coefficient (Wildman–Crippen LogP) is 4.38. The van der Waals surface area contributed by atoms with E-state index in [2.05, 4.69) is 43.2 Å². The van der Waals surface area contributed by atoms with Crippen molar-refractivity contribution in [2.75, 3.05) is 12.8 Å². The number of thiophene rings is 1. The molecule has 21 heavy (non-hydrogen) atoms. The third-order valence-corrected chi connectivity index (χ3v) is 6.56. The molecule has 1 heterocycles. The highest BCUT2D eigenvalue weighted by molar-refractivity contribution is 9.12. The molecule has 0 fully saturated rings. The molecule has 7 heteroatoms. The van der Waals surface area contributed by atoms with E-state index in [4.69, 9.17) is 0 Å². The van der Waals surface area contributed by atoms with E-state index in [0.717, 1.165) is 25.2 Å². The highest BCUT2D eigenvalue weighted by Gasteiger charge is 2.19. The molecule has 3 nitrogen and oxygen atoms in total. The van der Waals surface area contributed by atoms with Crippen LogP contribution in [0.2, 0.25) is 0 Å². The standard InChI is InChI=1S/C14H15Br2NO2S2/c1-3-17-13(11-8-12(15)20-14(11)16)9-4-6-10(7-5-9)21(2,18)19/h4-8,13,17H,3H2,1-2H3. The summed E-state index contributed by atoms with van der Waals surface area (Å²) in [4.78, 5) is 0.340. The molecule has 114 valence electrons. The maximum Gasteiger partial charge on any atom is 0.175 e. The molecule has 0 saturated carbocycles. The molecule has 0 saturated heterocycles. The lowest BCUT2D eigenvalue weighted by atomic mass is 10.0. The van der Waals surface area contributed by atoms with Crippen LogP contribution in [0, 0.1) is 0 Å². The second-order valence-corrected chi connectivity index (χ2v) is 10.4. The fourth-order valence-electron chi connectivity index (χ4n) is 2.07. The smallest absolute Gasteiger partial charge is 0.175 e. The Labute approximate surface area is 145 Å². The number of sulfone groups is 1. The average molecular weight is 453 g/mol. The van der Waals surface area contributed by atoms with Gasteiger partial charge in [0.2, 0.25) is 0 Å². The largest absolute Gasteiger partial charge is 0.306 e. The van der Waals surface area contributed by atoms with Crippen molar-refractivity contribution in [3.63, 3.8) is 0 Å². The van der Waals surface area contributed by atoms with Crippen LogP contribution >= 0.6 is 43.2 Å². The van der Waals surface area contributed by atoms with Gasteiger partial charge in [0, 0.05) is 6.26 Å². The molecular weight excluding hydrogens is 438 g/mol. The summed E-state index contributed by atoms with van der Waals surface area (Å²) in [7, 11) is -3.16. The third-order valence-electron chi connectivity index (χ3n) is 3.04. The van der Waals surface area contributed by atoms with E-state index >= 15 is 0 Å². The molecule has 0 aliphatic heterocycles. The summed E-state index contributed by atoms with van der Waals surface area (Å²) in [5.41, 5.74) is 2.18. The van der Waals surface area contributed by atoms with E-state index in [1.807, 2.05) is 19.1 Å². The third kappa shape index (κ3) is 4.16. The molecule has 1 N–H and O–H groups in total. The number of benzene rings is 1. The van der Waals surface area contributed by atoms with Crippen molar-refractivity contribution in [1.82, 2.24) is 5.32 Å². The Hall–Kier alpha value is -0.210. The van der Waals surface area contributed by atoms with Crippen molar-refractivity contribution in [1.29, 1.82) is 0 Å². The van der Waals surface area contributed by atoms with Crippen LogP contribution in [0.15, 0.2) is 42.8 Å². The molecule has 1 aromatic heterocycles. The molecule has 2 aromatic rings. The zero-order valence-corrected chi connectivity index (χ0v) is 16.4. The Bertz CT molecular complexity index is 724. The van der Waals surface area contributed by atoms with Gasteiger partial charge in [0.25, 0.3) is 0 Å². The Morgan fingerprint density at radius 3 is 2.29 bits per heavy atom. The quantitative estimate of drug-likeness (QED) is 0.732. The Morgan fingerprint density at radius 1 is 1.24 bits per heavy atom. The van der Waals surface area contributed by atoms with Gasteiger partial charge in [-0.15, -0.1) is 11.3 Å². The lowest BCUT2D eigenvalue weighted by molar-refractivity contribution is 0.601. The van der Waals surface area contributed by atoms with Crippen molar-refractivity contribution in [3.05, 3.63) is 49.0 Å². The molecule has 0 amide bonds. The number of hydrogen-bond acceptors (Lipinski definition) is 4. The summed E-state index contributed by atoms with van der Waals surface area (Å²) >= 11 is 8.70. The van der Waals surface area contributed by atoms with Crippen molar-refractivity contribution in [2.45, 2.75) is 17.9 Å². The fourth-order valence-corrected chi connectivity index (χ4v) is 5.60. The Morgan fingerprint density at radius 2 is 1.86 bits per heavy atom. The topological polar surface area (TPSA) is 46.2 Å². The van der Waals surface area contributed by atoms with Gasteiger partial charge in [0.1, 0.15) is 0 Å². The van der Waals surface area contributed by atoms with Gasteiger partial charge in [-0.05, 0) is 67.7 Å². The van der Waals surface area contributed by atoms with Gasteiger partial charge in [0.15, 0.2) is 9.84 Å². The van der Waals surface area contributed by atoms with Crippen LogP contribution in [0.4, 0.5) is 0 Å². The SMILES string of the molecule is CCNC(c1ccc(S(C)(=O)=O)cc1)c1cc(Br)sc1Br. The van der Waals surface area contributed by atoms with Crippen LogP contribution in [-0.2, 0) is 9.84 Å². The van der Waals surface area contributed by atoms with Gasteiger partial charge in [-0.25, -0.2) is 8.42 Å². The minimum absolute atomic E-state index is 0.0283. The summed E-state index contributed by atoms with van der Waals surface area (Å²) in [6, 6.07) is 9.14. The highest BCUT2D eigenvalue weighted by Crippen LogP contribution is 2.38. The lowest BCUT2D eigenvalue weighted by Gasteiger charge is -2.18. The highest BCUT2D eigenvalue weighted by atomic mass is 79.9. The van der Waals surface area contributed by atoms with Gasteiger partial charge in [-0.1, -0.05) is 19.1 Å². The summed E-state index contributed by atoms with van der Waals surface area (Å²) in [5.74, 6) is 0. The van der Waals surface area contributed by atoms with E-state index in [-0.39, 0.29) is 6.04 Å². The average Bonchev–Trinajstić information content (AvgIpc) is 2.74. The van der Waals surface area contributed by atoms with E-state index < -0.39 is 9.84 Å².